The number of ether oxygens (including phenoxy) is 1. The highest BCUT2D eigenvalue weighted by atomic mass is 16.5. The lowest BCUT2D eigenvalue weighted by Gasteiger charge is -2.32. The topological polar surface area (TPSA) is 55.6 Å². The van der Waals surface area contributed by atoms with E-state index < -0.39 is 0 Å². The molecule has 19 heavy (non-hydrogen) atoms. The van der Waals surface area contributed by atoms with Gasteiger partial charge in [0.05, 0.1) is 6.10 Å². The molecule has 1 unspecified atom stereocenters. The van der Waals surface area contributed by atoms with Crippen LogP contribution in [0.15, 0.2) is 0 Å². The van der Waals surface area contributed by atoms with E-state index in [2.05, 4.69) is 6.92 Å². The Hall–Kier alpha value is -0.610. The number of rotatable bonds is 8. The highest BCUT2D eigenvalue weighted by Crippen LogP contribution is 2.18. The van der Waals surface area contributed by atoms with Crippen LogP contribution in [-0.4, -0.2) is 43.2 Å². The van der Waals surface area contributed by atoms with E-state index in [4.69, 9.17) is 10.5 Å². The number of carbonyl (C=O) groups is 1. The van der Waals surface area contributed by atoms with Gasteiger partial charge in [0.2, 0.25) is 5.91 Å². The van der Waals surface area contributed by atoms with Crippen LogP contribution in [0.2, 0.25) is 0 Å². The summed E-state index contributed by atoms with van der Waals surface area (Å²) in [5, 5.41) is 0. The van der Waals surface area contributed by atoms with Gasteiger partial charge in [0.25, 0.3) is 0 Å². The number of amides is 1. The first-order valence-electron chi connectivity index (χ1n) is 7.80. The quantitative estimate of drug-likeness (QED) is 0.735. The van der Waals surface area contributed by atoms with Crippen molar-refractivity contribution in [2.45, 2.75) is 58.5 Å². The summed E-state index contributed by atoms with van der Waals surface area (Å²) >= 11 is 0. The molecule has 1 rings (SSSR count). The maximum absolute atomic E-state index is 12.1. The number of hydrogen-bond acceptors (Lipinski definition) is 3. The van der Waals surface area contributed by atoms with Crippen LogP contribution in [0.1, 0.15) is 52.4 Å². The number of piperidine rings is 1. The van der Waals surface area contributed by atoms with Gasteiger partial charge in [-0.2, -0.15) is 0 Å². The molecule has 1 atom stereocenters. The fourth-order valence-corrected chi connectivity index (χ4v) is 2.78. The number of nitrogens with two attached hydrogens (primary N) is 1. The van der Waals surface area contributed by atoms with E-state index in [9.17, 15) is 4.79 Å². The number of carbonyl (C=O) groups excluding carboxylic acids is 1. The molecule has 1 aliphatic heterocycles. The molecule has 0 aromatic heterocycles. The Morgan fingerprint density at radius 3 is 2.53 bits per heavy atom. The van der Waals surface area contributed by atoms with Crippen LogP contribution in [0.25, 0.3) is 0 Å². The molecule has 0 aliphatic carbocycles. The molecule has 112 valence electrons. The number of likely N-dealkylation sites (tertiary alicyclic amines) is 1. The lowest BCUT2D eigenvalue weighted by atomic mass is 9.96. The lowest BCUT2D eigenvalue weighted by Crippen LogP contribution is -2.41. The molecule has 4 nitrogen and oxygen atoms in total. The standard InChI is InChI=1S/C15H30N2O2/c1-3-13(7-10-16)5-6-15(18)17-11-8-14(9-12-17)19-4-2/h13-14H,3-12,16H2,1-2H3. The van der Waals surface area contributed by atoms with E-state index in [1.807, 2.05) is 11.8 Å². The summed E-state index contributed by atoms with van der Waals surface area (Å²) in [6, 6.07) is 0. The van der Waals surface area contributed by atoms with Crippen LogP contribution < -0.4 is 5.73 Å². The van der Waals surface area contributed by atoms with Crippen LogP contribution in [-0.2, 0) is 9.53 Å². The molecule has 1 fully saturated rings. The third-order valence-electron chi connectivity index (χ3n) is 4.12. The van der Waals surface area contributed by atoms with Gasteiger partial charge < -0.3 is 15.4 Å². The Kier molecular flexibility index (Phi) is 8.07. The minimum Gasteiger partial charge on any atom is -0.378 e. The van der Waals surface area contributed by atoms with Gasteiger partial charge in [-0.25, -0.2) is 0 Å². The van der Waals surface area contributed by atoms with Gasteiger partial charge in [-0.05, 0) is 45.1 Å². The lowest BCUT2D eigenvalue weighted by molar-refractivity contribution is -0.134. The van der Waals surface area contributed by atoms with Crippen molar-refractivity contribution in [2.75, 3.05) is 26.2 Å². The molecule has 0 aromatic rings. The molecular formula is C15H30N2O2. The Bertz CT molecular complexity index is 251. The van der Waals surface area contributed by atoms with Crippen LogP contribution in [0.5, 0.6) is 0 Å². The van der Waals surface area contributed by atoms with Gasteiger partial charge in [-0.1, -0.05) is 13.3 Å². The zero-order chi connectivity index (χ0) is 14.1. The minimum absolute atomic E-state index is 0.311. The van der Waals surface area contributed by atoms with Gasteiger partial charge in [0.1, 0.15) is 0 Å². The molecular weight excluding hydrogens is 240 g/mol. The van der Waals surface area contributed by atoms with E-state index in [0.29, 0.717) is 24.3 Å². The summed E-state index contributed by atoms with van der Waals surface area (Å²) in [6.07, 6.45) is 6.15. The van der Waals surface area contributed by atoms with Crippen molar-refractivity contribution in [3.8, 4) is 0 Å². The van der Waals surface area contributed by atoms with E-state index in [1.54, 1.807) is 0 Å². The fourth-order valence-electron chi connectivity index (χ4n) is 2.78. The van der Waals surface area contributed by atoms with Crippen molar-refractivity contribution in [3.63, 3.8) is 0 Å². The number of nitrogens with zero attached hydrogens (tertiary/aromatic N) is 1. The van der Waals surface area contributed by atoms with Crippen LogP contribution in [0.4, 0.5) is 0 Å². The third kappa shape index (κ3) is 5.91. The summed E-state index contributed by atoms with van der Waals surface area (Å²) in [7, 11) is 0. The van der Waals surface area contributed by atoms with Crippen molar-refractivity contribution in [1.29, 1.82) is 0 Å². The predicted molar refractivity (Wildman–Crippen MR) is 77.9 cm³/mol. The molecule has 1 aliphatic rings. The maximum Gasteiger partial charge on any atom is 0.222 e. The average molecular weight is 270 g/mol. The number of hydrogen-bond donors (Lipinski definition) is 1. The van der Waals surface area contributed by atoms with Gasteiger partial charge in [0.15, 0.2) is 0 Å². The Labute approximate surface area is 117 Å². The molecule has 1 heterocycles. The summed E-state index contributed by atoms with van der Waals surface area (Å²) in [5.74, 6) is 0.917. The average Bonchev–Trinajstić information content (AvgIpc) is 2.44. The Balaban J connectivity index is 2.23. The highest BCUT2D eigenvalue weighted by molar-refractivity contribution is 5.76. The Morgan fingerprint density at radius 2 is 2.00 bits per heavy atom. The van der Waals surface area contributed by atoms with Gasteiger partial charge in [-0.15, -0.1) is 0 Å². The van der Waals surface area contributed by atoms with Crippen molar-refractivity contribution >= 4 is 5.91 Å². The molecule has 1 saturated heterocycles. The van der Waals surface area contributed by atoms with Crippen LogP contribution in [0.3, 0.4) is 0 Å². The normalized spacial score (nSPS) is 18.6. The fraction of sp³-hybridized carbons (Fsp3) is 0.933. The second-order valence-corrected chi connectivity index (χ2v) is 5.43. The third-order valence-corrected chi connectivity index (χ3v) is 4.12. The molecule has 0 saturated carbocycles. The van der Waals surface area contributed by atoms with Gasteiger partial charge >= 0.3 is 0 Å². The van der Waals surface area contributed by atoms with E-state index in [1.165, 1.54) is 0 Å². The molecule has 0 aromatic carbocycles. The molecule has 2 N–H and O–H groups in total. The van der Waals surface area contributed by atoms with Crippen molar-refractivity contribution in [2.24, 2.45) is 11.7 Å². The first-order valence-corrected chi connectivity index (χ1v) is 7.80. The first-order chi connectivity index (χ1) is 9.21. The highest BCUT2D eigenvalue weighted by Gasteiger charge is 2.23. The van der Waals surface area contributed by atoms with Crippen molar-refractivity contribution in [1.82, 2.24) is 4.90 Å². The molecule has 0 bridgehead atoms. The SMILES string of the molecule is CCOC1CCN(C(=O)CCC(CC)CCN)CC1. The second-order valence-electron chi connectivity index (χ2n) is 5.43. The maximum atomic E-state index is 12.1. The monoisotopic (exact) mass is 270 g/mol. The molecule has 4 heteroatoms. The van der Waals surface area contributed by atoms with E-state index >= 15 is 0 Å². The van der Waals surface area contributed by atoms with E-state index in [0.717, 1.165) is 58.3 Å². The van der Waals surface area contributed by atoms with Crippen LogP contribution in [0, 0.1) is 5.92 Å². The Morgan fingerprint density at radius 1 is 1.32 bits per heavy atom. The van der Waals surface area contributed by atoms with Crippen molar-refractivity contribution < 1.29 is 9.53 Å². The zero-order valence-corrected chi connectivity index (χ0v) is 12.6. The summed E-state index contributed by atoms with van der Waals surface area (Å²) in [6.45, 7) is 7.43. The smallest absolute Gasteiger partial charge is 0.222 e. The van der Waals surface area contributed by atoms with Crippen molar-refractivity contribution in [3.05, 3.63) is 0 Å². The minimum atomic E-state index is 0.311. The summed E-state index contributed by atoms with van der Waals surface area (Å²) in [4.78, 5) is 14.1. The summed E-state index contributed by atoms with van der Waals surface area (Å²) < 4.78 is 5.61. The largest absolute Gasteiger partial charge is 0.378 e. The predicted octanol–water partition coefficient (Wildman–Crippen LogP) is 2.17. The van der Waals surface area contributed by atoms with Crippen LogP contribution >= 0.6 is 0 Å². The van der Waals surface area contributed by atoms with E-state index in [-0.39, 0.29) is 0 Å². The zero-order valence-electron chi connectivity index (χ0n) is 12.6. The molecule has 0 radical (unpaired) electrons. The second kappa shape index (κ2) is 9.32. The summed E-state index contributed by atoms with van der Waals surface area (Å²) in [5.41, 5.74) is 5.59. The molecule has 0 spiro atoms. The van der Waals surface area contributed by atoms with Gasteiger partial charge in [0, 0.05) is 26.1 Å². The van der Waals surface area contributed by atoms with Gasteiger partial charge in [-0.3, -0.25) is 4.79 Å². The first kappa shape index (κ1) is 16.4. The molecule has 1 amide bonds.